The van der Waals surface area contributed by atoms with E-state index in [2.05, 4.69) is 14.9 Å². The molecule has 156 valence electrons. The van der Waals surface area contributed by atoms with Crippen LogP contribution in [0.3, 0.4) is 0 Å². The second kappa shape index (κ2) is 8.07. The molecule has 0 spiro atoms. The molecule has 0 saturated heterocycles. The molecule has 5 nitrogen and oxygen atoms in total. The smallest absolute Gasteiger partial charge is 0.387 e. The Balaban J connectivity index is 1.56. The highest BCUT2D eigenvalue weighted by Crippen LogP contribution is 2.31. The highest BCUT2D eigenvalue weighted by molar-refractivity contribution is 6.32. The van der Waals surface area contributed by atoms with Crippen LogP contribution in [-0.2, 0) is 6.42 Å². The minimum absolute atomic E-state index is 0.0290. The van der Waals surface area contributed by atoms with E-state index in [4.69, 9.17) is 21.1 Å². The molecule has 0 bridgehead atoms. The van der Waals surface area contributed by atoms with Gasteiger partial charge in [-0.15, -0.1) is 0 Å². The molecule has 2 heterocycles. The van der Waals surface area contributed by atoms with Gasteiger partial charge in [-0.2, -0.15) is 8.78 Å². The summed E-state index contributed by atoms with van der Waals surface area (Å²) in [7, 11) is 0. The van der Waals surface area contributed by atoms with Gasteiger partial charge in [0.2, 0.25) is 0 Å². The molecule has 30 heavy (non-hydrogen) atoms. The lowest BCUT2D eigenvalue weighted by molar-refractivity contribution is -0.0497. The van der Waals surface area contributed by atoms with Gasteiger partial charge in [0, 0.05) is 11.5 Å². The summed E-state index contributed by atoms with van der Waals surface area (Å²) in [5.41, 5.74) is 5.55. The SMILES string of the molecule is Cc1noc(C)c1-c1ccc2nc([C@H](C)Cc3ccc(OC(F)F)c(Cl)c3)[nH]c2c1. The standard InChI is InChI=1S/C22H20ClF2N3O2/c1-11(8-14-4-7-19(16(23)9-14)29-22(24)25)21-26-17-6-5-15(10-18(17)27-21)20-12(2)28-30-13(20)3/h4-7,9-11,22H,8H2,1-3H3,(H,26,27)/t11-/m1/s1. The van der Waals surface area contributed by atoms with Crippen LogP contribution in [0.25, 0.3) is 22.2 Å². The molecule has 4 aromatic rings. The zero-order valence-electron chi connectivity index (χ0n) is 16.7. The van der Waals surface area contributed by atoms with Crippen molar-refractivity contribution < 1.29 is 18.0 Å². The normalized spacial score (nSPS) is 12.6. The van der Waals surface area contributed by atoms with Gasteiger partial charge in [-0.1, -0.05) is 35.8 Å². The quantitative estimate of drug-likeness (QED) is 0.381. The molecule has 4 rings (SSSR count). The van der Waals surface area contributed by atoms with Crippen LogP contribution < -0.4 is 4.74 Å². The van der Waals surface area contributed by atoms with E-state index in [1.807, 2.05) is 39.0 Å². The van der Waals surface area contributed by atoms with Crippen molar-refractivity contribution in [3.05, 3.63) is 64.3 Å². The van der Waals surface area contributed by atoms with E-state index in [1.165, 1.54) is 6.07 Å². The van der Waals surface area contributed by atoms with Gasteiger partial charge >= 0.3 is 6.61 Å². The molecular weight excluding hydrogens is 412 g/mol. The Morgan fingerprint density at radius 2 is 1.97 bits per heavy atom. The number of hydrogen-bond donors (Lipinski definition) is 1. The second-order valence-corrected chi connectivity index (χ2v) is 7.71. The van der Waals surface area contributed by atoms with Gasteiger partial charge in [-0.05, 0) is 55.7 Å². The van der Waals surface area contributed by atoms with Crippen molar-refractivity contribution in [3.8, 4) is 16.9 Å². The number of ether oxygens (including phenoxy) is 1. The molecule has 0 unspecified atom stereocenters. The van der Waals surface area contributed by atoms with E-state index in [1.54, 1.807) is 12.1 Å². The highest BCUT2D eigenvalue weighted by atomic mass is 35.5. The lowest BCUT2D eigenvalue weighted by Crippen LogP contribution is -2.04. The number of aromatic nitrogens is 3. The van der Waals surface area contributed by atoms with Crippen molar-refractivity contribution >= 4 is 22.6 Å². The van der Waals surface area contributed by atoms with Gasteiger partial charge < -0.3 is 14.2 Å². The van der Waals surface area contributed by atoms with Crippen LogP contribution in [0.2, 0.25) is 5.02 Å². The van der Waals surface area contributed by atoms with Gasteiger partial charge in [0.15, 0.2) is 0 Å². The maximum Gasteiger partial charge on any atom is 0.387 e. The van der Waals surface area contributed by atoms with E-state index < -0.39 is 6.61 Å². The van der Waals surface area contributed by atoms with Gasteiger partial charge in [0.25, 0.3) is 0 Å². The number of imidazole rings is 1. The Bertz CT molecular complexity index is 1180. The predicted molar refractivity (Wildman–Crippen MR) is 111 cm³/mol. The molecule has 0 aliphatic rings. The Morgan fingerprint density at radius 3 is 2.63 bits per heavy atom. The summed E-state index contributed by atoms with van der Waals surface area (Å²) >= 11 is 6.06. The van der Waals surface area contributed by atoms with Crippen LogP contribution in [0.1, 0.15) is 35.7 Å². The zero-order chi connectivity index (χ0) is 21.4. The molecule has 0 aliphatic heterocycles. The van der Waals surface area contributed by atoms with Crippen LogP contribution in [0.5, 0.6) is 5.75 Å². The number of halogens is 3. The van der Waals surface area contributed by atoms with Gasteiger partial charge in [-0.3, -0.25) is 0 Å². The van der Waals surface area contributed by atoms with Crippen LogP contribution in [0.4, 0.5) is 8.78 Å². The van der Waals surface area contributed by atoms with Crippen molar-refractivity contribution in [2.24, 2.45) is 0 Å². The molecule has 0 aliphatic carbocycles. The first kappa shape index (κ1) is 20.3. The number of H-pyrrole nitrogens is 1. The maximum absolute atomic E-state index is 12.4. The van der Waals surface area contributed by atoms with Crippen molar-refractivity contribution in [2.75, 3.05) is 0 Å². The van der Waals surface area contributed by atoms with Crippen LogP contribution in [0, 0.1) is 13.8 Å². The number of benzene rings is 2. The summed E-state index contributed by atoms with van der Waals surface area (Å²) < 4.78 is 34.5. The van der Waals surface area contributed by atoms with E-state index in [0.29, 0.717) is 6.42 Å². The van der Waals surface area contributed by atoms with E-state index >= 15 is 0 Å². The van der Waals surface area contributed by atoms with E-state index in [-0.39, 0.29) is 16.7 Å². The molecule has 1 atom stereocenters. The number of alkyl halides is 2. The van der Waals surface area contributed by atoms with Crippen molar-refractivity contribution in [1.29, 1.82) is 0 Å². The first-order valence-corrected chi connectivity index (χ1v) is 9.85. The van der Waals surface area contributed by atoms with Crippen molar-refractivity contribution in [3.63, 3.8) is 0 Å². The molecule has 8 heteroatoms. The third kappa shape index (κ3) is 4.03. The summed E-state index contributed by atoms with van der Waals surface area (Å²) in [6, 6.07) is 10.9. The zero-order valence-corrected chi connectivity index (χ0v) is 17.4. The Morgan fingerprint density at radius 1 is 1.17 bits per heavy atom. The molecule has 1 N–H and O–H groups in total. The molecule has 0 radical (unpaired) electrons. The fourth-order valence-electron chi connectivity index (χ4n) is 3.63. The third-order valence-corrected chi connectivity index (χ3v) is 5.34. The third-order valence-electron chi connectivity index (χ3n) is 5.04. The fourth-order valence-corrected chi connectivity index (χ4v) is 3.87. The predicted octanol–water partition coefficient (Wildman–Crippen LogP) is 6.44. The van der Waals surface area contributed by atoms with E-state index in [0.717, 1.165) is 45.0 Å². The number of aromatic amines is 1. The lowest BCUT2D eigenvalue weighted by atomic mass is 10.0. The summed E-state index contributed by atoms with van der Waals surface area (Å²) in [5, 5.41) is 4.18. The van der Waals surface area contributed by atoms with Gasteiger partial charge in [0.05, 0.1) is 21.7 Å². The Kier molecular flexibility index (Phi) is 5.47. The number of hydrogen-bond acceptors (Lipinski definition) is 4. The molecule has 2 aromatic carbocycles. The molecule has 0 fully saturated rings. The number of fused-ring (bicyclic) bond motifs is 1. The molecule has 0 saturated carbocycles. The average molecular weight is 432 g/mol. The largest absolute Gasteiger partial charge is 0.433 e. The minimum atomic E-state index is -2.90. The summed E-state index contributed by atoms with van der Waals surface area (Å²) in [5.74, 6) is 1.65. The van der Waals surface area contributed by atoms with Gasteiger partial charge in [-0.25, -0.2) is 4.98 Å². The lowest BCUT2D eigenvalue weighted by Gasteiger charge is -2.11. The fraction of sp³-hybridized carbons (Fsp3) is 0.273. The monoisotopic (exact) mass is 431 g/mol. The number of aryl methyl sites for hydroxylation is 2. The Labute approximate surface area is 177 Å². The summed E-state index contributed by atoms with van der Waals surface area (Å²) in [6.07, 6.45) is 0.644. The van der Waals surface area contributed by atoms with Gasteiger partial charge in [0.1, 0.15) is 17.3 Å². The maximum atomic E-state index is 12.4. The first-order valence-electron chi connectivity index (χ1n) is 9.48. The summed E-state index contributed by atoms with van der Waals surface area (Å²) in [4.78, 5) is 8.09. The average Bonchev–Trinajstić information content (AvgIpc) is 3.26. The molecule has 2 aromatic heterocycles. The minimum Gasteiger partial charge on any atom is -0.433 e. The molecule has 0 amide bonds. The van der Waals surface area contributed by atoms with Crippen LogP contribution in [0.15, 0.2) is 40.9 Å². The first-order chi connectivity index (χ1) is 14.3. The number of nitrogens with zero attached hydrogens (tertiary/aromatic N) is 2. The Hall–Kier alpha value is -2.93. The van der Waals surface area contributed by atoms with Crippen LogP contribution >= 0.6 is 11.6 Å². The summed E-state index contributed by atoms with van der Waals surface area (Å²) in [6.45, 7) is 2.95. The topological polar surface area (TPSA) is 63.9 Å². The van der Waals surface area contributed by atoms with E-state index in [9.17, 15) is 8.78 Å². The van der Waals surface area contributed by atoms with Crippen molar-refractivity contribution in [1.82, 2.24) is 15.1 Å². The molecular formula is C22H20ClF2N3O2. The van der Waals surface area contributed by atoms with Crippen LogP contribution in [-0.4, -0.2) is 21.7 Å². The number of nitrogens with one attached hydrogen (secondary N) is 1. The highest BCUT2D eigenvalue weighted by Gasteiger charge is 2.16. The second-order valence-electron chi connectivity index (χ2n) is 7.30. The van der Waals surface area contributed by atoms with Crippen molar-refractivity contribution in [2.45, 2.75) is 39.7 Å². The number of rotatable bonds is 6.